The predicted octanol–water partition coefficient (Wildman–Crippen LogP) is 3.74. The second-order valence-corrected chi connectivity index (χ2v) is 8.51. The fraction of sp³-hybridized carbons (Fsp3) is 0.500. The first-order valence-corrected chi connectivity index (χ1v) is 10.1. The monoisotopic (exact) mass is 370 g/mol. The Morgan fingerprint density at radius 2 is 2.15 bits per heavy atom. The lowest BCUT2D eigenvalue weighted by atomic mass is 9.96. The number of rotatable bonds is 5. The molecule has 0 N–H and O–H groups in total. The van der Waals surface area contributed by atoms with Crippen LogP contribution in [0.25, 0.3) is 0 Å². The maximum atomic E-state index is 5.30. The molecule has 0 saturated carbocycles. The summed E-state index contributed by atoms with van der Waals surface area (Å²) < 4.78 is 7.66. The van der Waals surface area contributed by atoms with Gasteiger partial charge in [-0.05, 0) is 37.6 Å². The zero-order chi connectivity index (χ0) is 18.3. The van der Waals surface area contributed by atoms with Gasteiger partial charge < -0.3 is 14.2 Å². The summed E-state index contributed by atoms with van der Waals surface area (Å²) in [5.41, 5.74) is 5.01. The van der Waals surface area contributed by atoms with E-state index in [-0.39, 0.29) is 12.1 Å². The van der Waals surface area contributed by atoms with Gasteiger partial charge in [0.1, 0.15) is 6.04 Å². The molecule has 0 spiro atoms. The maximum Gasteiger partial charge on any atom is 0.160 e. The summed E-state index contributed by atoms with van der Waals surface area (Å²) in [5, 5.41) is 1.75. The van der Waals surface area contributed by atoms with E-state index in [0.29, 0.717) is 5.25 Å². The number of pyridine rings is 1. The van der Waals surface area contributed by atoms with Crippen LogP contribution in [0, 0.1) is 13.8 Å². The Kier molecular flexibility index (Phi) is 4.80. The molecule has 1 saturated heterocycles. The number of thioether (sulfide) groups is 1. The lowest BCUT2D eigenvalue weighted by molar-refractivity contribution is 0.186. The molecule has 0 bridgehead atoms. The van der Waals surface area contributed by atoms with Gasteiger partial charge in [0, 0.05) is 43.0 Å². The molecule has 2 aromatic rings. The Balaban J connectivity index is 1.75. The summed E-state index contributed by atoms with van der Waals surface area (Å²) in [6.07, 6.45) is 1.87. The quantitative estimate of drug-likeness (QED) is 0.804. The van der Waals surface area contributed by atoms with Crippen LogP contribution < -0.4 is 0 Å². The average molecular weight is 371 g/mol. The van der Waals surface area contributed by atoms with E-state index < -0.39 is 0 Å². The zero-order valence-corrected chi connectivity index (χ0v) is 16.7. The van der Waals surface area contributed by atoms with Crippen molar-refractivity contribution in [2.45, 2.75) is 44.6 Å². The third-order valence-corrected chi connectivity index (χ3v) is 6.43. The van der Waals surface area contributed by atoms with Crippen molar-refractivity contribution >= 4 is 16.9 Å². The molecule has 5 nitrogen and oxygen atoms in total. The number of nitrogens with zero attached hydrogens (tertiary/aromatic N) is 4. The van der Waals surface area contributed by atoms with Crippen LogP contribution in [-0.2, 0) is 11.3 Å². The molecule has 2 aliphatic rings. The molecule has 3 unspecified atom stereocenters. The average Bonchev–Trinajstić information content (AvgIpc) is 3.24. The fourth-order valence-corrected chi connectivity index (χ4v) is 5.20. The lowest BCUT2D eigenvalue weighted by Gasteiger charge is -2.27. The second kappa shape index (κ2) is 7.08. The van der Waals surface area contributed by atoms with Crippen LogP contribution in [0.15, 0.2) is 35.5 Å². The van der Waals surface area contributed by atoms with E-state index in [2.05, 4.69) is 53.4 Å². The molecule has 0 aliphatic carbocycles. The predicted molar refractivity (Wildman–Crippen MR) is 107 cm³/mol. The van der Waals surface area contributed by atoms with Crippen molar-refractivity contribution in [1.82, 2.24) is 14.5 Å². The van der Waals surface area contributed by atoms with Gasteiger partial charge in [-0.15, -0.1) is 0 Å². The van der Waals surface area contributed by atoms with Crippen molar-refractivity contribution in [3.63, 3.8) is 0 Å². The van der Waals surface area contributed by atoms with Gasteiger partial charge in [0.15, 0.2) is 5.17 Å². The van der Waals surface area contributed by atoms with Gasteiger partial charge in [-0.25, -0.2) is 0 Å². The maximum absolute atomic E-state index is 5.30. The fourth-order valence-electron chi connectivity index (χ4n) is 4.11. The smallest absolute Gasteiger partial charge is 0.160 e. The molecule has 2 aliphatic heterocycles. The van der Waals surface area contributed by atoms with Crippen molar-refractivity contribution in [3.8, 4) is 0 Å². The van der Waals surface area contributed by atoms with E-state index in [0.717, 1.165) is 25.4 Å². The van der Waals surface area contributed by atoms with E-state index in [1.807, 2.05) is 24.0 Å². The molecule has 2 aromatic heterocycles. The minimum absolute atomic E-state index is 0.0579. The molecule has 138 valence electrons. The molecule has 4 rings (SSSR count). The highest BCUT2D eigenvalue weighted by molar-refractivity contribution is 8.14. The van der Waals surface area contributed by atoms with E-state index in [1.165, 1.54) is 22.1 Å². The zero-order valence-electron chi connectivity index (χ0n) is 15.8. The summed E-state index contributed by atoms with van der Waals surface area (Å²) in [7, 11) is 1.76. The Bertz CT molecular complexity index is 817. The van der Waals surface area contributed by atoms with Crippen LogP contribution in [0.2, 0.25) is 0 Å². The molecular weight excluding hydrogens is 344 g/mol. The molecule has 4 heterocycles. The number of methoxy groups -OCH3 is 1. The van der Waals surface area contributed by atoms with Crippen LogP contribution in [-0.4, -0.2) is 45.1 Å². The van der Waals surface area contributed by atoms with Crippen LogP contribution in [0.5, 0.6) is 0 Å². The summed E-state index contributed by atoms with van der Waals surface area (Å²) in [5.74, 6) is 0. The van der Waals surface area contributed by atoms with Crippen molar-refractivity contribution < 1.29 is 4.74 Å². The highest BCUT2D eigenvalue weighted by Crippen LogP contribution is 2.48. The minimum Gasteiger partial charge on any atom is -0.383 e. The number of hydrogen-bond donors (Lipinski definition) is 0. The van der Waals surface area contributed by atoms with Crippen LogP contribution in [0.3, 0.4) is 0 Å². The SMILES string of the molecule is COCCn1c(C)cc(C2C(c3ccccn3)N=C3SC(C)CN32)c1C. The van der Waals surface area contributed by atoms with Crippen LogP contribution >= 0.6 is 11.8 Å². The lowest BCUT2D eigenvalue weighted by Crippen LogP contribution is -2.29. The third kappa shape index (κ3) is 2.95. The van der Waals surface area contributed by atoms with Crippen molar-refractivity contribution in [2.75, 3.05) is 20.3 Å². The highest BCUT2D eigenvalue weighted by atomic mass is 32.2. The molecule has 0 amide bonds. The van der Waals surface area contributed by atoms with Gasteiger partial charge in [-0.3, -0.25) is 9.98 Å². The summed E-state index contributed by atoms with van der Waals surface area (Å²) >= 11 is 1.89. The molecule has 3 atom stereocenters. The number of hydrogen-bond acceptors (Lipinski definition) is 5. The number of fused-ring (bicyclic) bond motifs is 1. The Hall–Kier alpha value is -1.79. The highest BCUT2D eigenvalue weighted by Gasteiger charge is 2.44. The van der Waals surface area contributed by atoms with Gasteiger partial charge in [0.05, 0.1) is 18.3 Å². The van der Waals surface area contributed by atoms with Gasteiger partial charge in [-0.2, -0.15) is 0 Å². The topological polar surface area (TPSA) is 42.6 Å². The van der Waals surface area contributed by atoms with E-state index in [9.17, 15) is 0 Å². The van der Waals surface area contributed by atoms with Crippen LogP contribution in [0.1, 0.15) is 41.7 Å². The molecule has 1 fully saturated rings. The molecule has 6 heteroatoms. The summed E-state index contributed by atoms with van der Waals surface area (Å²) in [4.78, 5) is 12.2. The second-order valence-electron chi connectivity index (χ2n) is 7.11. The molecule has 26 heavy (non-hydrogen) atoms. The van der Waals surface area contributed by atoms with E-state index >= 15 is 0 Å². The number of amidine groups is 1. The van der Waals surface area contributed by atoms with E-state index in [4.69, 9.17) is 9.73 Å². The largest absolute Gasteiger partial charge is 0.383 e. The normalized spacial score (nSPS) is 24.8. The minimum atomic E-state index is 0.0579. The molecule has 0 radical (unpaired) electrons. The Morgan fingerprint density at radius 1 is 1.31 bits per heavy atom. The standard InChI is InChI=1S/C20H26N4OS/c1-13-11-16(15(3)23(13)9-10-25-4)19-18(17-7-5-6-8-21-17)22-20-24(19)12-14(2)26-20/h5-8,11,14,18-19H,9-10,12H2,1-4H3. The number of aliphatic imine (C=N–C) groups is 1. The first-order valence-electron chi connectivity index (χ1n) is 9.17. The molecule has 0 aromatic carbocycles. The van der Waals surface area contributed by atoms with Gasteiger partial charge >= 0.3 is 0 Å². The number of aryl methyl sites for hydroxylation is 1. The van der Waals surface area contributed by atoms with Gasteiger partial charge in [-0.1, -0.05) is 24.8 Å². The van der Waals surface area contributed by atoms with Crippen molar-refractivity contribution in [1.29, 1.82) is 0 Å². The first-order chi connectivity index (χ1) is 12.6. The Labute approximate surface area is 159 Å². The first kappa shape index (κ1) is 17.6. The van der Waals surface area contributed by atoms with Gasteiger partial charge in [0.2, 0.25) is 0 Å². The third-order valence-electron chi connectivity index (χ3n) is 5.33. The Morgan fingerprint density at radius 3 is 2.88 bits per heavy atom. The molecular formula is C20H26N4OS. The van der Waals surface area contributed by atoms with Crippen molar-refractivity contribution in [2.24, 2.45) is 4.99 Å². The van der Waals surface area contributed by atoms with Crippen LogP contribution in [0.4, 0.5) is 0 Å². The van der Waals surface area contributed by atoms with E-state index in [1.54, 1.807) is 7.11 Å². The number of aromatic nitrogens is 2. The van der Waals surface area contributed by atoms with Crippen molar-refractivity contribution in [3.05, 3.63) is 53.1 Å². The summed E-state index contributed by atoms with van der Waals surface area (Å²) in [6.45, 7) is 9.33. The summed E-state index contributed by atoms with van der Waals surface area (Å²) in [6, 6.07) is 8.73. The van der Waals surface area contributed by atoms with Gasteiger partial charge in [0.25, 0.3) is 0 Å². The number of ether oxygens (including phenoxy) is 1.